The Hall–Kier alpha value is -0.263. The predicted octanol–water partition coefficient (Wildman–Crippen LogP) is 1.64. The van der Waals surface area contributed by atoms with Crippen molar-refractivity contribution in [1.82, 2.24) is 0 Å². The van der Waals surface area contributed by atoms with E-state index in [1.807, 2.05) is 6.92 Å². The summed E-state index contributed by atoms with van der Waals surface area (Å²) in [6, 6.07) is 0. The maximum Gasteiger partial charge on any atom is 0.129 e. The van der Waals surface area contributed by atoms with Gasteiger partial charge in [0, 0.05) is 0 Å². The van der Waals surface area contributed by atoms with Crippen LogP contribution < -0.4 is 0 Å². The summed E-state index contributed by atoms with van der Waals surface area (Å²) in [6.07, 6.45) is 0.323. The van der Waals surface area contributed by atoms with Crippen LogP contribution in [0.5, 0.6) is 0 Å². The first-order valence-electron chi connectivity index (χ1n) is 3.66. The van der Waals surface area contributed by atoms with Gasteiger partial charge in [0.2, 0.25) is 0 Å². The second-order valence-electron chi connectivity index (χ2n) is 3.44. The Morgan fingerprint density at radius 2 is 1.90 bits per heavy atom. The molecular weight excluding hydrogens is 140 g/mol. The fourth-order valence-electron chi connectivity index (χ4n) is 0.402. The molecule has 0 saturated heterocycles. The normalized spacial score (nSPS) is 13.7. The molecule has 0 aliphatic rings. The smallest absolute Gasteiger partial charge is 0.129 e. The lowest BCUT2D eigenvalue weighted by Gasteiger charge is -2.04. The molecule has 0 aliphatic heterocycles. The van der Waals surface area contributed by atoms with E-state index in [-0.39, 0.29) is 0 Å². The molecule has 1 nitrogen and oxygen atoms in total. The molecule has 0 radical (unpaired) electrons. The third-order valence-electron chi connectivity index (χ3n) is 1.00. The lowest BCUT2D eigenvalue weighted by molar-refractivity contribution is 0.228. The Kier molecular flexibility index (Phi) is 3.70. The van der Waals surface area contributed by atoms with Gasteiger partial charge in [-0.05, 0) is 6.42 Å². The van der Waals surface area contributed by atoms with Crippen molar-refractivity contribution in [3.8, 4) is 11.5 Å². The summed E-state index contributed by atoms with van der Waals surface area (Å²) >= 11 is 0. The molecule has 1 N–H and O–H groups in total. The largest absolute Gasteiger partial charge is 0.380 e. The summed E-state index contributed by atoms with van der Waals surface area (Å²) < 4.78 is 0. The lowest BCUT2D eigenvalue weighted by Crippen LogP contribution is -2.17. The molecule has 0 aromatic heterocycles. The zero-order valence-electron chi connectivity index (χ0n) is 7.23. The average molecular weight is 156 g/mol. The van der Waals surface area contributed by atoms with E-state index in [4.69, 9.17) is 5.11 Å². The van der Waals surface area contributed by atoms with Gasteiger partial charge in [0.05, 0.1) is 0 Å². The predicted molar refractivity (Wildman–Crippen MR) is 47.4 cm³/mol. The summed E-state index contributed by atoms with van der Waals surface area (Å²) in [5.41, 5.74) is 3.11. The highest BCUT2D eigenvalue weighted by Gasteiger charge is 2.07. The van der Waals surface area contributed by atoms with Crippen LogP contribution in [0.3, 0.4) is 0 Å². The van der Waals surface area contributed by atoms with E-state index < -0.39 is 14.2 Å². The van der Waals surface area contributed by atoms with Crippen molar-refractivity contribution in [3.63, 3.8) is 0 Å². The van der Waals surface area contributed by atoms with Crippen LogP contribution in [0.15, 0.2) is 0 Å². The van der Waals surface area contributed by atoms with Crippen molar-refractivity contribution in [2.75, 3.05) is 0 Å². The van der Waals surface area contributed by atoms with E-state index in [2.05, 4.69) is 31.1 Å². The molecule has 0 spiro atoms. The molecule has 1 unspecified atom stereocenters. The maximum atomic E-state index is 9.07. The van der Waals surface area contributed by atoms with Gasteiger partial charge in [-0.15, -0.1) is 5.54 Å². The molecule has 0 amide bonds. The van der Waals surface area contributed by atoms with Crippen molar-refractivity contribution in [3.05, 3.63) is 0 Å². The van der Waals surface area contributed by atoms with Crippen molar-refractivity contribution in [1.29, 1.82) is 0 Å². The molecule has 10 heavy (non-hydrogen) atoms. The molecule has 1 atom stereocenters. The fraction of sp³-hybridized carbons (Fsp3) is 0.750. The van der Waals surface area contributed by atoms with Crippen molar-refractivity contribution >= 4 is 8.07 Å². The van der Waals surface area contributed by atoms with Gasteiger partial charge in [-0.2, -0.15) is 0 Å². The van der Waals surface area contributed by atoms with Gasteiger partial charge in [0.1, 0.15) is 14.2 Å². The molecule has 0 aliphatic carbocycles. The monoisotopic (exact) mass is 156 g/mol. The van der Waals surface area contributed by atoms with Crippen molar-refractivity contribution in [2.45, 2.75) is 39.1 Å². The molecule has 58 valence electrons. The zero-order valence-corrected chi connectivity index (χ0v) is 8.23. The summed E-state index contributed by atoms with van der Waals surface area (Å²) in [5, 5.41) is 9.07. The number of aliphatic hydroxyl groups is 1. The van der Waals surface area contributed by atoms with Gasteiger partial charge in [-0.1, -0.05) is 32.5 Å². The Bertz CT molecular complexity index is 147. The Balaban J connectivity index is 3.91. The van der Waals surface area contributed by atoms with Crippen LogP contribution in [0.25, 0.3) is 0 Å². The van der Waals surface area contributed by atoms with E-state index in [0.29, 0.717) is 0 Å². The van der Waals surface area contributed by atoms with Crippen LogP contribution in [0.2, 0.25) is 19.6 Å². The van der Waals surface area contributed by atoms with Crippen LogP contribution in [-0.2, 0) is 0 Å². The maximum absolute atomic E-state index is 9.07. The molecule has 0 fully saturated rings. The number of rotatable bonds is 1. The minimum Gasteiger partial charge on any atom is -0.380 e. The summed E-state index contributed by atoms with van der Waals surface area (Å²) in [5.74, 6) is 2.84. The molecule has 0 bridgehead atoms. The molecule has 0 heterocycles. The van der Waals surface area contributed by atoms with Crippen molar-refractivity contribution in [2.24, 2.45) is 0 Å². The van der Waals surface area contributed by atoms with Gasteiger partial charge in [0.25, 0.3) is 0 Å². The van der Waals surface area contributed by atoms with Crippen LogP contribution in [0.1, 0.15) is 13.3 Å². The van der Waals surface area contributed by atoms with E-state index in [1.165, 1.54) is 0 Å². The van der Waals surface area contributed by atoms with E-state index in [1.54, 1.807) is 0 Å². The Morgan fingerprint density at radius 1 is 1.40 bits per heavy atom. The zero-order chi connectivity index (χ0) is 8.20. The number of aliphatic hydroxyl groups excluding tert-OH is 1. The third-order valence-corrected chi connectivity index (χ3v) is 1.89. The molecule has 0 saturated carbocycles. The SMILES string of the molecule is CCC(O)C#C[Si](C)(C)C. The van der Waals surface area contributed by atoms with Crippen LogP contribution >= 0.6 is 0 Å². The fourth-order valence-corrected chi connectivity index (χ4v) is 1.00. The lowest BCUT2D eigenvalue weighted by atomic mass is 10.3. The van der Waals surface area contributed by atoms with Crippen molar-refractivity contribution < 1.29 is 5.11 Å². The standard InChI is InChI=1S/C8H16OSi/c1-5-8(9)6-7-10(2,3)4/h8-9H,5H2,1-4H3. The molecule has 0 rings (SSSR count). The van der Waals surface area contributed by atoms with E-state index in [0.717, 1.165) is 6.42 Å². The molecular formula is C8H16OSi. The van der Waals surface area contributed by atoms with Crippen LogP contribution in [0.4, 0.5) is 0 Å². The topological polar surface area (TPSA) is 20.2 Å². The summed E-state index contributed by atoms with van der Waals surface area (Å²) in [6.45, 7) is 8.44. The third kappa shape index (κ3) is 5.87. The second kappa shape index (κ2) is 3.80. The van der Waals surface area contributed by atoms with Gasteiger partial charge in [-0.3, -0.25) is 0 Å². The first-order valence-corrected chi connectivity index (χ1v) is 7.16. The Labute approximate surface area is 64.5 Å². The summed E-state index contributed by atoms with van der Waals surface area (Å²) in [7, 11) is -1.26. The summed E-state index contributed by atoms with van der Waals surface area (Å²) in [4.78, 5) is 0. The first-order chi connectivity index (χ1) is 4.45. The quantitative estimate of drug-likeness (QED) is 0.452. The van der Waals surface area contributed by atoms with Gasteiger partial charge < -0.3 is 5.11 Å². The highest BCUT2D eigenvalue weighted by molar-refractivity contribution is 6.83. The molecule has 2 heteroatoms. The van der Waals surface area contributed by atoms with Gasteiger partial charge in [-0.25, -0.2) is 0 Å². The highest BCUT2D eigenvalue weighted by Crippen LogP contribution is 1.97. The van der Waals surface area contributed by atoms with E-state index in [9.17, 15) is 0 Å². The van der Waals surface area contributed by atoms with E-state index >= 15 is 0 Å². The average Bonchev–Trinajstić information content (AvgIpc) is 1.81. The molecule has 0 aromatic rings. The minimum absolute atomic E-state index is 0.410. The van der Waals surface area contributed by atoms with Gasteiger partial charge in [0.15, 0.2) is 0 Å². The Morgan fingerprint density at radius 3 is 2.20 bits per heavy atom. The number of hydrogen-bond acceptors (Lipinski definition) is 1. The van der Waals surface area contributed by atoms with Crippen LogP contribution in [0, 0.1) is 11.5 Å². The molecule has 0 aromatic carbocycles. The first kappa shape index (κ1) is 9.74. The minimum atomic E-state index is -1.26. The second-order valence-corrected chi connectivity index (χ2v) is 8.19. The highest BCUT2D eigenvalue weighted by atomic mass is 28.3. The van der Waals surface area contributed by atoms with Crippen LogP contribution in [-0.4, -0.2) is 19.3 Å². The van der Waals surface area contributed by atoms with Gasteiger partial charge >= 0.3 is 0 Å². The number of hydrogen-bond donors (Lipinski definition) is 1.